The average molecular weight is 213 g/mol. The van der Waals surface area contributed by atoms with Crippen molar-refractivity contribution in [2.24, 2.45) is 0 Å². The lowest BCUT2D eigenvalue weighted by Crippen LogP contribution is -2.04. The number of esters is 1. The Balaban J connectivity index is 2.59. The van der Waals surface area contributed by atoms with Crippen LogP contribution < -0.4 is 0 Å². The van der Waals surface area contributed by atoms with Gasteiger partial charge in [-0.2, -0.15) is 5.26 Å². The van der Waals surface area contributed by atoms with Crippen LogP contribution in [0.15, 0.2) is 9.64 Å². The molecule has 6 nitrogen and oxygen atoms in total. The molecule has 7 heteroatoms. The molecular weight excluding hydrogens is 206 g/mol. The van der Waals surface area contributed by atoms with E-state index in [2.05, 4.69) is 14.9 Å². The molecule has 0 unspecified atom stereocenters. The molecule has 0 aromatic carbocycles. The molecule has 0 amide bonds. The zero-order chi connectivity index (χ0) is 10.4. The second-order valence-corrected chi connectivity index (χ2v) is 2.97. The number of hydrogen-bond donors (Lipinski definition) is 0. The van der Waals surface area contributed by atoms with Crippen molar-refractivity contribution in [3.63, 3.8) is 0 Å². The monoisotopic (exact) mass is 213 g/mol. The van der Waals surface area contributed by atoms with E-state index < -0.39 is 5.97 Å². The maximum Gasteiger partial charge on any atom is 0.396 e. The first-order chi connectivity index (χ1) is 6.77. The van der Waals surface area contributed by atoms with E-state index in [1.165, 1.54) is 0 Å². The van der Waals surface area contributed by atoms with Crippen LogP contribution in [0.5, 0.6) is 0 Å². The molecule has 0 spiro atoms. The summed E-state index contributed by atoms with van der Waals surface area (Å²) in [6.45, 7) is 1.93. The first kappa shape index (κ1) is 10.5. The Bertz CT molecular complexity index is 357. The molecule has 1 aromatic heterocycles. The highest BCUT2D eigenvalue weighted by atomic mass is 32.2. The fourth-order valence-corrected chi connectivity index (χ4v) is 1.06. The van der Waals surface area contributed by atoms with E-state index in [0.29, 0.717) is 0 Å². The lowest BCUT2D eigenvalue weighted by molar-refractivity contribution is 0.0475. The first-order valence-electron chi connectivity index (χ1n) is 3.78. The fraction of sp³-hybridized carbons (Fsp3) is 0.429. The number of carbonyl (C=O) groups excluding carboxylic acids is 1. The van der Waals surface area contributed by atoms with Crippen LogP contribution in [0.3, 0.4) is 0 Å². The number of thioether (sulfide) groups is 1. The van der Waals surface area contributed by atoms with Crippen molar-refractivity contribution >= 4 is 17.7 Å². The summed E-state index contributed by atoms with van der Waals surface area (Å²) >= 11 is 1.07. The van der Waals surface area contributed by atoms with Gasteiger partial charge in [0.2, 0.25) is 0 Å². The summed E-state index contributed by atoms with van der Waals surface area (Å²) in [5.41, 5.74) is 0. The van der Waals surface area contributed by atoms with Crippen molar-refractivity contribution in [2.75, 3.05) is 12.4 Å². The van der Waals surface area contributed by atoms with Crippen molar-refractivity contribution in [2.45, 2.75) is 12.1 Å². The first-order valence-corrected chi connectivity index (χ1v) is 4.77. The molecule has 0 fully saturated rings. The van der Waals surface area contributed by atoms with Crippen molar-refractivity contribution < 1.29 is 13.9 Å². The predicted molar refractivity (Wildman–Crippen MR) is 46.6 cm³/mol. The Labute approximate surface area is 84.2 Å². The number of nitrogens with zero attached hydrogens (tertiary/aromatic N) is 3. The third kappa shape index (κ3) is 2.74. The molecule has 0 atom stereocenters. The summed E-state index contributed by atoms with van der Waals surface area (Å²) in [6.07, 6.45) is 0. The van der Waals surface area contributed by atoms with Gasteiger partial charge < -0.3 is 9.15 Å². The summed E-state index contributed by atoms with van der Waals surface area (Å²) in [4.78, 5) is 11.0. The zero-order valence-electron chi connectivity index (χ0n) is 7.39. The molecule has 1 rings (SSSR count). The van der Waals surface area contributed by atoms with E-state index in [4.69, 9.17) is 9.68 Å². The van der Waals surface area contributed by atoms with E-state index in [-0.39, 0.29) is 23.5 Å². The Kier molecular flexibility index (Phi) is 3.94. The Morgan fingerprint density at radius 3 is 3.14 bits per heavy atom. The molecule has 1 aromatic rings. The molecule has 0 radical (unpaired) electrons. The van der Waals surface area contributed by atoms with Gasteiger partial charge in [0.25, 0.3) is 5.22 Å². The lowest BCUT2D eigenvalue weighted by atomic mass is 10.7. The normalized spacial score (nSPS) is 9.43. The van der Waals surface area contributed by atoms with Crippen LogP contribution in [0.2, 0.25) is 0 Å². The number of carbonyl (C=O) groups is 1. The number of rotatable bonds is 4. The Hall–Kier alpha value is -1.55. The van der Waals surface area contributed by atoms with Gasteiger partial charge in [0.05, 0.1) is 18.4 Å². The number of aromatic nitrogens is 2. The Morgan fingerprint density at radius 1 is 1.71 bits per heavy atom. The molecular formula is C7H7N3O3S. The highest BCUT2D eigenvalue weighted by Gasteiger charge is 2.15. The minimum absolute atomic E-state index is 0.188. The van der Waals surface area contributed by atoms with Gasteiger partial charge >= 0.3 is 11.9 Å². The summed E-state index contributed by atoms with van der Waals surface area (Å²) in [7, 11) is 0. The van der Waals surface area contributed by atoms with Crippen molar-refractivity contribution in [1.82, 2.24) is 10.2 Å². The van der Waals surface area contributed by atoms with Crippen LogP contribution in [0.4, 0.5) is 0 Å². The van der Waals surface area contributed by atoms with Gasteiger partial charge in [-0.05, 0) is 6.92 Å². The summed E-state index contributed by atoms with van der Waals surface area (Å²) in [5.74, 6) is -0.638. The van der Waals surface area contributed by atoms with E-state index in [1.54, 1.807) is 6.92 Å². The maximum absolute atomic E-state index is 11.0. The van der Waals surface area contributed by atoms with Crippen molar-refractivity contribution in [1.29, 1.82) is 5.26 Å². The Morgan fingerprint density at radius 2 is 2.50 bits per heavy atom. The molecule has 1 heterocycles. The van der Waals surface area contributed by atoms with Crippen LogP contribution in [0, 0.1) is 11.3 Å². The van der Waals surface area contributed by atoms with Gasteiger partial charge in [-0.1, -0.05) is 16.9 Å². The van der Waals surface area contributed by atoms with Gasteiger partial charge in [0.1, 0.15) is 0 Å². The van der Waals surface area contributed by atoms with Gasteiger partial charge in [0, 0.05) is 0 Å². The van der Waals surface area contributed by atoms with E-state index in [9.17, 15) is 4.79 Å². The molecule has 0 N–H and O–H groups in total. The smallest absolute Gasteiger partial charge is 0.396 e. The van der Waals surface area contributed by atoms with E-state index >= 15 is 0 Å². The highest BCUT2D eigenvalue weighted by molar-refractivity contribution is 7.99. The van der Waals surface area contributed by atoms with Gasteiger partial charge in [-0.25, -0.2) is 4.79 Å². The van der Waals surface area contributed by atoms with E-state index in [1.807, 2.05) is 6.07 Å². The maximum atomic E-state index is 11.0. The molecule has 0 bridgehead atoms. The average Bonchev–Trinajstić information content (AvgIpc) is 2.63. The van der Waals surface area contributed by atoms with Crippen LogP contribution in [0.25, 0.3) is 0 Å². The molecule has 0 aliphatic carbocycles. The van der Waals surface area contributed by atoms with Gasteiger partial charge in [-0.3, -0.25) is 0 Å². The van der Waals surface area contributed by atoms with Crippen LogP contribution in [0.1, 0.15) is 17.6 Å². The van der Waals surface area contributed by atoms with E-state index in [0.717, 1.165) is 11.8 Å². The van der Waals surface area contributed by atoms with Gasteiger partial charge in [-0.15, -0.1) is 5.10 Å². The molecule has 0 aliphatic heterocycles. The largest absolute Gasteiger partial charge is 0.459 e. The standard InChI is InChI=1S/C7H7N3O3S/c1-2-12-6(11)5-9-10-7(13-5)14-4-3-8/h2,4H2,1H3. The SMILES string of the molecule is CCOC(=O)c1nnc(SCC#N)o1. The van der Waals surface area contributed by atoms with Crippen LogP contribution in [-0.4, -0.2) is 28.5 Å². The second-order valence-electron chi connectivity index (χ2n) is 2.04. The minimum atomic E-state index is -0.649. The highest BCUT2D eigenvalue weighted by Crippen LogP contribution is 2.15. The van der Waals surface area contributed by atoms with Crippen LogP contribution >= 0.6 is 11.8 Å². The number of ether oxygens (including phenoxy) is 1. The summed E-state index contributed by atoms with van der Waals surface area (Å²) in [5, 5.41) is 15.5. The quantitative estimate of drug-likeness (QED) is 0.541. The second kappa shape index (κ2) is 5.24. The molecule has 74 valence electrons. The van der Waals surface area contributed by atoms with Crippen LogP contribution in [-0.2, 0) is 4.74 Å². The minimum Gasteiger partial charge on any atom is -0.459 e. The topological polar surface area (TPSA) is 89.0 Å². The number of hydrogen-bond acceptors (Lipinski definition) is 7. The number of nitriles is 1. The van der Waals surface area contributed by atoms with Gasteiger partial charge in [0.15, 0.2) is 0 Å². The van der Waals surface area contributed by atoms with Crippen molar-refractivity contribution in [3.8, 4) is 6.07 Å². The summed E-state index contributed by atoms with van der Waals surface area (Å²) < 4.78 is 9.55. The third-order valence-corrected chi connectivity index (χ3v) is 1.80. The molecule has 0 saturated carbocycles. The predicted octanol–water partition coefficient (Wildman–Crippen LogP) is 0.862. The zero-order valence-corrected chi connectivity index (χ0v) is 8.21. The third-order valence-electron chi connectivity index (χ3n) is 1.12. The van der Waals surface area contributed by atoms with Crippen molar-refractivity contribution in [3.05, 3.63) is 5.89 Å². The molecule has 0 saturated heterocycles. The lowest BCUT2D eigenvalue weighted by Gasteiger charge is -1.93. The fourth-order valence-electron chi connectivity index (χ4n) is 0.637. The molecule has 14 heavy (non-hydrogen) atoms. The summed E-state index contributed by atoms with van der Waals surface area (Å²) in [6, 6.07) is 1.90. The molecule has 0 aliphatic rings.